The summed E-state index contributed by atoms with van der Waals surface area (Å²) >= 11 is 1.63. The number of nitrogens with one attached hydrogen (secondary N) is 1. The molecule has 0 radical (unpaired) electrons. The number of methoxy groups -OCH3 is 1. The number of benzene rings is 2. The number of hydrogen-bond donors (Lipinski definition) is 1. The molecule has 0 atom stereocenters. The maximum atomic E-state index is 5.64. The predicted octanol–water partition coefficient (Wildman–Crippen LogP) is 5.58. The second kappa shape index (κ2) is 8.62. The van der Waals surface area contributed by atoms with Crippen LogP contribution in [-0.4, -0.2) is 21.6 Å². The Morgan fingerprint density at radius 2 is 1.94 bits per heavy atom. The van der Waals surface area contributed by atoms with E-state index in [0.717, 1.165) is 46.0 Å². The van der Waals surface area contributed by atoms with Gasteiger partial charge in [-0.3, -0.25) is 4.98 Å². The van der Waals surface area contributed by atoms with Crippen LogP contribution in [0.5, 0.6) is 5.75 Å². The summed E-state index contributed by atoms with van der Waals surface area (Å²) < 4.78 is 7.91. The van der Waals surface area contributed by atoms with Crippen molar-refractivity contribution in [1.82, 2.24) is 14.5 Å². The molecule has 0 aliphatic rings. The first-order valence-electron chi connectivity index (χ1n) is 10.1. The van der Waals surface area contributed by atoms with Crippen LogP contribution < -0.4 is 9.54 Å². The Balaban J connectivity index is 1.59. The Hall–Kier alpha value is -3.64. The minimum absolute atomic E-state index is 0.803. The Morgan fingerprint density at radius 3 is 2.81 bits per heavy atom. The van der Waals surface area contributed by atoms with Gasteiger partial charge in [-0.15, -0.1) is 11.3 Å². The third-order valence-electron chi connectivity index (χ3n) is 5.33. The molecule has 0 spiro atoms. The Labute approximate surface area is 184 Å². The molecule has 0 amide bonds. The van der Waals surface area contributed by atoms with E-state index in [2.05, 4.69) is 56.4 Å². The highest BCUT2D eigenvalue weighted by Crippen LogP contribution is 2.30. The summed E-state index contributed by atoms with van der Waals surface area (Å²) in [6.45, 7) is 0.803. The Bertz CT molecular complexity index is 1380. The highest BCUT2D eigenvalue weighted by atomic mass is 32.1. The molecule has 0 saturated heterocycles. The SMILES string of the molecule is COc1ccccc1-c1csc(=Nc2cccnc2)n1CCc1c[nH]c2ccccc12. The quantitative estimate of drug-likeness (QED) is 0.386. The molecule has 0 unspecified atom stereocenters. The van der Waals surface area contributed by atoms with Crippen LogP contribution in [0.25, 0.3) is 22.2 Å². The minimum Gasteiger partial charge on any atom is -0.496 e. The molecular formula is C25H22N4OS. The van der Waals surface area contributed by atoms with Gasteiger partial charge < -0.3 is 14.3 Å². The molecule has 3 aromatic heterocycles. The van der Waals surface area contributed by atoms with Crippen molar-refractivity contribution in [2.75, 3.05) is 7.11 Å². The predicted molar refractivity (Wildman–Crippen MR) is 126 cm³/mol. The zero-order chi connectivity index (χ0) is 21.0. The maximum Gasteiger partial charge on any atom is 0.190 e. The van der Waals surface area contributed by atoms with E-state index in [4.69, 9.17) is 9.73 Å². The minimum atomic E-state index is 0.803. The third kappa shape index (κ3) is 3.90. The zero-order valence-corrected chi connectivity index (χ0v) is 18.0. The first kappa shape index (κ1) is 19.3. The van der Waals surface area contributed by atoms with Crippen LogP contribution in [0.4, 0.5) is 5.69 Å². The van der Waals surface area contributed by atoms with Crippen molar-refractivity contribution in [2.45, 2.75) is 13.0 Å². The monoisotopic (exact) mass is 426 g/mol. The van der Waals surface area contributed by atoms with Gasteiger partial charge in [0.25, 0.3) is 0 Å². The Kier molecular flexibility index (Phi) is 5.37. The largest absolute Gasteiger partial charge is 0.496 e. The molecular weight excluding hydrogens is 404 g/mol. The van der Waals surface area contributed by atoms with Crippen molar-refractivity contribution < 1.29 is 4.74 Å². The highest BCUT2D eigenvalue weighted by molar-refractivity contribution is 7.07. The van der Waals surface area contributed by atoms with Crippen molar-refractivity contribution in [3.05, 3.63) is 95.0 Å². The molecule has 5 rings (SSSR count). The van der Waals surface area contributed by atoms with E-state index in [0.29, 0.717) is 0 Å². The van der Waals surface area contributed by atoms with Gasteiger partial charge >= 0.3 is 0 Å². The number of pyridine rings is 1. The van der Waals surface area contributed by atoms with Gasteiger partial charge in [0.15, 0.2) is 4.80 Å². The molecule has 31 heavy (non-hydrogen) atoms. The molecule has 0 bridgehead atoms. The molecule has 1 N–H and O–H groups in total. The highest BCUT2D eigenvalue weighted by Gasteiger charge is 2.13. The van der Waals surface area contributed by atoms with E-state index in [1.165, 1.54) is 10.9 Å². The average Bonchev–Trinajstić information content (AvgIpc) is 3.42. The normalized spacial score (nSPS) is 11.8. The van der Waals surface area contributed by atoms with E-state index in [1.807, 2.05) is 30.3 Å². The van der Waals surface area contributed by atoms with Crippen molar-refractivity contribution in [3.63, 3.8) is 0 Å². The number of ether oxygens (including phenoxy) is 1. The summed E-state index contributed by atoms with van der Waals surface area (Å²) in [5.74, 6) is 0.856. The first-order chi connectivity index (χ1) is 15.3. The maximum absolute atomic E-state index is 5.64. The van der Waals surface area contributed by atoms with E-state index in [9.17, 15) is 0 Å². The van der Waals surface area contributed by atoms with Gasteiger partial charge in [-0.05, 0) is 42.3 Å². The average molecular weight is 427 g/mol. The number of aromatic amines is 1. The van der Waals surface area contributed by atoms with Gasteiger partial charge in [-0.2, -0.15) is 0 Å². The van der Waals surface area contributed by atoms with Crippen LogP contribution in [0.15, 0.2) is 89.6 Å². The molecule has 0 saturated carbocycles. The number of thiazole rings is 1. The van der Waals surface area contributed by atoms with Crippen LogP contribution in [0.1, 0.15) is 5.56 Å². The fourth-order valence-electron chi connectivity index (χ4n) is 3.81. The van der Waals surface area contributed by atoms with E-state index >= 15 is 0 Å². The summed E-state index contributed by atoms with van der Waals surface area (Å²) in [7, 11) is 1.71. The standard InChI is InChI=1S/C25H22N4OS/c1-30-24-11-5-3-9-21(24)23-17-31-25(28-19-7-6-13-26-16-19)29(23)14-12-18-15-27-22-10-4-2-8-20(18)22/h2-11,13,15-17,27H,12,14H2,1H3. The topological polar surface area (TPSA) is 55.2 Å². The second-order valence-electron chi connectivity index (χ2n) is 7.19. The lowest BCUT2D eigenvalue weighted by Crippen LogP contribution is -2.17. The van der Waals surface area contributed by atoms with Crippen molar-refractivity contribution >= 4 is 27.9 Å². The smallest absolute Gasteiger partial charge is 0.190 e. The lowest BCUT2D eigenvalue weighted by Gasteiger charge is -2.12. The van der Waals surface area contributed by atoms with E-state index in [1.54, 1.807) is 30.8 Å². The number of H-pyrrole nitrogens is 1. The summed E-state index contributed by atoms with van der Waals surface area (Å²) in [6.07, 6.45) is 6.55. The summed E-state index contributed by atoms with van der Waals surface area (Å²) in [6, 6.07) is 20.4. The number of para-hydroxylation sites is 2. The molecule has 6 heteroatoms. The van der Waals surface area contributed by atoms with Gasteiger partial charge in [0.1, 0.15) is 5.75 Å². The van der Waals surface area contributed by atoms with Crippen LogP contribution >= 0.6 is 11.3 Å². The molecule has 5 aromatic rings. The molecule has 0 aliphatic carbocycles. The number of rotatable bonds is 6. The first-order valence-corrected chi connectivity index (χ1v) is 11.0. The van der Waals surface area contributed by atoms with Crippen molar-refractivity contribution in [1.29, 1.82) is 0 Å². The zero-order valence-electron chi connectivity index (χ0n) is 17.2. The number of nitrogens with zero attached hydrogens (tertiary/aromatic N) is 3. The molecule has 0 aliphatic heterocycles. The summed E-state index contributed by atoms with van der Waals surface area (Å²) in [5, 5.41) is 3.42. The fourth-order valence-corrected chi connectivity index (χ4v) is 4.75. The van der Waals surface area contributed by atoms with Crippen LogP contribution in [0, 0.1) is 0 Å². The number of hydrogen-bond acceptors (Lipinski definition) is 4. The van der Waals surface area contributed by atoms with Crippen LogP contribution in [0.2, 0.25) is 0 Å². The molecule has 0 fully saturated rings. The van der Waals surface area contributed by atoms with Crippen molar-refractivity contribution in [3.8, 4) is 17.0 Å². The van der Waals surface area contributed by atoms with Gasteiger partial charge in [-0.25, -0.2) is 4.99 Å². The number of aromatic nitrogens is 3. The van der Waals surface area contributed by atoms with Crippen molar-refractivity contribution in [2.24, 2.45) is 4.99 Å². The fraction of sp³-hybridized carbons (Fsp3) is 0.120. The van der Waals surface area contributed by atoms with Gasteiger partial charge in [-0.1, -0.05) is 30.3 Å². The molecule has 154 valence electrons. The summed E-state index contributed by atoms with van der Waals surface area (Å²) in [5.41, 5.74) is 5.47. The van der Waals surface area contributed by atoms with Crippen LogP contribution in [-0.2, 0) is 13.0 Å². The number of fused-ring (bicyclic) bond motifs is 1. The van der Waals surface area contributed by atoms with Gasteiger partial charge in [0.2, 0.25) is 0 Å². The second-order valence-corrected chi connectivity index (χ2v) is 8.02. The molecule has 3 heterocycles. The lowest BCUT2D eigenvalue weighted by atomic mass is 10.1. The molecule has 5 nitrogen and oxygen atoms in total. The van der Waals surface area contributed by atoms with E-state index in [-0.39, 0.29) is 0 Å². The van der Waals surface area contributed by atoms with Gasteiger partial charge in [0.05, 0.1) is 24.7 Å². The number of aryl methyl sites for hydroxylation is 1. The lowest BCUT2D eigenvalue weighted by molar-refractivity contribution is 0.416. The third-order valence-corrected chi connectivity index (χ3v) is 6.19. The van der Waals surface area contributed by atoms with E-state index < -0.39 is 0 Å². The molecule has 2 aromatic carbocycles. The van der Waals surface area contributed by atoms with Gasteiger partial charge in [0, 0.05) is 40.8 Å². The summed E-state index contributed by atoms with van der Waals surface area (Å²) in [4.78, 5) is 13.4. The van der Waals surface area contributed by atoms with Crippen LogP contribution in [0.3, 0.4) is 0 Å². The Morgan fingerprint density at radius 1 is 1.06 bits per heavy atom.